The van der Waals surface area contributed by atoms with Gasteiger partial charge in [0.1, 0.15) is 0 Å². The number of pyridine rings is 1. The van der Waals surface area contributed by atoms with E-state index < -0.39 is 0 Å². The molecule has 11 heavy (non-hydrogen) atoms. The van der Waals surface area contributed by atoms with Crippen LogP contribution in [-0.4, -0.2) is 10.7 Å². The van der Waals surface area contributed by atoms with E-state index in [1.54, 1.807) is 0 Å². The van der Waals surface area contributed by atoms with Crippen LogP contribution in [0, 0.1) is 0 Å². The highest BCUT2D eigenvalue weighted by molar-refractivity contribution is 7.99. The number of nitrogens with zero attached hydrogens (tertiary/aromatic N) is 1. The van der Waals surface area contributed by atoms with Gasteiger partial charge in [-0.1, -0.05) is 13.8 Å². The zero-order valence-electron chi connectivity index (χ0n) is 7.00. The first kappa shape index (κ1) is 8.60. The van der Waals surface area contributed by atoms with Crippen molar-refractivity contribution in [2.75, 3.05) is 5.75 Å². The molecule has 1 aromatic heterocycles. The van der Waals surface area contributed by atoms with Crippen molar-refractivity contribution in [3.63, 3.8) is 0 Å². The molecule has 2 heteroatoms. The largest absolute Gasteiger partial charge is 0.264 e. The van der Waals surface area contributed by atoms with Gasteiger partial charge in [0.2, 0.25) is 0 Å². The SMILES string of the molecule is CCSc1ccncc1CC. The van der Waals surface area contributed by atoms with Gasteiger partial charge in [-0.3, -0.25) is 4.98 Å². The number of aryl methyl sites for hydroxylation is 1. The standard InChI is InChI=1S/C9H13NS/c1-3-8-7-10-6-5-9(8)11-4-2/h5-7H,3-4H2,1-2H3. The van der Waals surface area contributed by atoms with Gasteiger partial charge in [-0.2, -0.15) is 0 Å². The Labute approximate surface area is 72.2 Å². The summed E-state index contributed by atoms with van der Waals surface area (Å²) in [6.45, 7) is 4.33. The fraction of sp³-hybridized carbons (Fsp3) is 0.444. The molecule has 0 saturated heterocycles. The van der Waals surface area contributed by atoms with Crippen LogP contribution in [-0.2, 0) is 6.42 Å². The molecular formula is C9H13NS. The van der Waals surface area contributed by atoms with Gasteiger partial charge >= 0.3 is 0 Å². The van der Waals surface area contributed by atoms with E-state index in [4.69, 9.17) is 0 Å². The third-order valence-electron chi connectivity index (χ3n) is 1.54. The molecule has 0 aliphatic rings. The second-order valence-corrected chi connectivity index (χ2v) is 3.58. The molecule has 0 N–H and O–H groups in total. The second-order valence-electron chi connectivity index (χ2n) is 2.27. The van der Waals surface area contributed by atoms with E-state index in [0.29, 0.717) is 0 Å². The topological polar surface area (TPSA) is 12.9 Å². The third kappa shape index (κ3) is 2.22. The Bertz CT molecular complexity index is 223. The second kappa shape index (κ2) is 4.39. The van der Waals surface area contributed by atoms with Crippen molar-refractivity contribution in [2.24, 2.45) is 0 Å². The Morgan fingerprint density at radius 3 is 2.91 bits per heavy atom. The predicted molar refractivity (Wildman–Crippen MR) is 50.0 cm³/mol. The minimum absolute atomic E-state index is 1.08. The normalized spacial score (nSPS) is 10.0. The van der Waals surface area contributed by atoms with Crippen molar-refractivity contribution in [1.82, 2.24) is 4.98 Å². The lowest BCUT2D eigenvalue weighted by Crippen LogP contribution is -1.86. The molecule has 0 unspecified atom stereocenters. The summed E-state index contributed by atoms with van der Waals surface area (Å²) in [5.74, 6) is 1.14. The van der Waals surface area contributed by atoms with E-state index in [-0.39, 0.29) is 0 Å². The fourth-order valence-corrected chi connectivity index (χ4v) is 1.83. The maximum Gasteiger partial charge on any atom is 0.0310 e. The summed E-state index contributed by atoms with van der Waals surface area (Å²) >= 11 is 1.89. The smallest absolute Gasteiger partial charge is 0.0310 e. The Morgan fingerprint density at radius 1 is 1.45 bits per heavy atom. The van der Waals surface area contributed by atoms with Gasteiger partial charge in [0.25, 0.3) is 0 Å². The molecule has 0 radical (unpaired) electrons. The molecule has 1 heterocycles. The molecule has 0 aromatic carbocycles. The van der Waals surface area contributed by atoms with Gasteiger partial charge in [-0.15, -0.1) is 11.8 Å². The quantitative estimate of drug-likeness (QED) is 0.642. The monoisotopic (exact) mass is 167 g/mol. The molecule has 0 bridgehead atoms. The highest BCUT2D eigenvalue weighted by atomic mass is 32.2. The molecule has 1 nitrogen and oxygen atoms in total. The first-order valence-corrected chi connectivity index (χ1v) is 4.92. The van der Waals surface area contributed by atoms with Crippen LogP contribution in [0.2, 0.25) is 0 Å². The summed E-state index contributed by atoms with van der Waals surface area (Å²) in [5.41, 5.74) is 1.36. The van der Waals surface area contributed by atoms with E-state index in [0.717, 1.165) is 12.2 Å². The van der Waals surface area contributed by atoms with Gasteiger partial charge in [0.05, 0.1) is 0 Å². The average molecular weight is 167 g/mol. The Hall–Kier alpha value is -0.500. The minimum atomic E-state index is 1.08. The van der Waals surface area contributed by atoms with Crippen molar-refractivity contribution in [3.8, 4) is 0 Å². The molecule has 60 valence electrons. The molecule has 0 fully saturated rings. The lowest BCUT2D eigenvalue weighted by atomic mass is 10.2. The molecule has 0 spiro atoms. The predicted octanol–water partition coefficient (Wildman–Crippen LogP) is 2.76. The van der Waals surface area contributed by atoms with E-state index in [2.05, 4.69) is 24.9 Å². The number of aromatic nitrogens is 1. The van der Waals surface area contributed by atoms with E-state index in [1.807, 2.05) is 24.2 Å². The van der Waals surface area contributed by atoms with Crippen LogP contribution in [0.5, 0.6) is 0 Å². The molecule has 0 saturated carbocycles. The minimum Gasteiger partial charge on any atom is -0.264 e. The zero-order chi connectivity index (χ0) is 8.10. The summed E-state index contributed by atoms with van der Waals surface area (Å²) in [7, 11) is 0. The zero-order valence-corrected chi connectivity index (χ0v) is 7.82. The van der Waals surface area contributed by atoms with E-state index in [1.165, 1.54) is 10.5 Å². The van der Waals surface area contributed by atoms with Crippen LogP contribution in [0.15, 0.2) is 23.4 Å². The van der Waals surface area contributed by atoms with Crippen molar-refractivity contribution in [1.29, 1.82) is 0 Å². The summed E-state index contributed by atoms with van der Waals surface area (Å²) in [6.07, 6.45) is 4.89. The van der Waals surface area contributed by atoms with Crippen LogP contribution in [0.25, 0.3) is 0 Å². The van der Waals surface area contributed by atoms with Gasteiger partial charge in [0, 0.05) is 17.3 Å². The Kier molecular flexibility index (Phi) is 3.43. The molecule has 0 aliphatic heterocycles. The number of hydrogen-bond donors (Lipinski definition) is 0. The van der Waals surface area contributed by atoms with Crippen molar-refractivity contribution in [3.05, 3.63) is 24.0 Å². The van der Waals surface area contributed by atoms with Gasteiger partial charge in [-0.25, -0.2) is 0 Å². The Morgan fingerprint density at radius 2 is 2.27 bits per heavy atom. The number of rotatable bonds is 3. The average Bonchev–Trinajstić information content (AvgIpc) is 2.06. The fourth-order valence-electron chi connectivity index (χ4n) is 0.976. The van der Waals surface area contributed by atoms with Crippen molar-refractivity contribution in [2.45, 2.75) is 25.2 Å². The van der Waals surface area contributed by atoms with Crippen molar-refractivity contribution < 1.29 is 0 Å². The molecule has 1 aromatic rings. The summed E-state index contributed by atoms with van der Waals surface area (Å²) in [5, 5.41) is 0. The third-order valence-corrected chi connectivity index (χ3v) is 2.54. The van der Waals surface area contributed by atoms with Crippen LogP contribution in [0.1, 0.15) is 19.4 Å². The maximum atomic E-state index is 4.09. The van der Waals surface area contributed by atoms with E-state index in [9.17, 15) is 0 Å². The van der Waals surface area contributed by atoms with Gasteiger partial charge in [0.15, 0.2) is 0 Å². The summed E-state index contributed by atoms with van der Waals surface area (Å²) in [6, 6.07) is 2.09. The number of thioether (sulfide) groups is 1. The van der Waals surface area contributed by atoms with Gasteiger partial charge < -0.3 is 0 Å². The van der Waals surface area contributed by atoms with Crippen LogP contribution < -0.4 is 0 Å². The Balaban J connectivity index is 2.83. The number of hydrogen-bond acceptors (Lipinski definition) is 2. The summed E-state index contributed by atoms with van der Waals surface area (Å²) < 4.78 is 0. The van der Waals surface area contributed by atoms with Crippen LogP contribution >= 0.6 is 11.8 Å². The highest BCUT2D eigenvalue weighted by Crippen LogP contribution is 2.21. The maximum absolute atomic E-state index is 4.09. The van der Waals surface area contributed by atoms with Crippen molar-refractivity contribution >= 4 is 11.8 Å². The van der Waals surface area contributed by atoms with Crippen LogP contribution in [0.3, 0.4) is 0 Å². The van der Waals surface area contributed by atoms with E-state index >= 15 is 0 Å². The first-order chi connectivity index (χ1) is 5.38. The van der Waals surface area contributed by atoms with Crippen LogP contribution in [0.4, 0.5) is 0 Å². The molecule has 0 aliphatic carbocycles. The van der Waals surface area contributed by atoms with Gasteiger partial charge in [-0.05, 0) is 23.8 Å². The molecule has 0 amide bonds. The lowest BCUT2D eigenvalue weighted by Gasteiger charge is -2.03. The highest BCUT2D eigenvalue weighted by Gasteiger charge is 1.97. The lowest BCUT2D eigenvalue weighted by molar-refractivity contribution is 1.04. The molecule has 0 atom stereocenters. The molecular weight excluding hydrogens is 154 g/mol. The molecule has 1 rings (SSSR count). The first-order valence-electron chi connectivity index (χ1n) is 3.94. The summed E-state index contributed by atoms with van der Waals surface area (Å²) in [4.78, 5) is 5.46.